The quantitative estimate of drug-likeness (QED) is 0.334. The first-order valence-corrected chi connectivity index (χ1v) is 13.7. The Hall–Kier alpha value is -3.42. The first kappa shape index (κ1) is 28.2. The Balaban J connectivity index is 1.90. The molecule has 37 heavy (non-hydrogen) atoms. The lowest BCUT2D eigenvalue weighted by Gasteiger charge is -2.20. The third-order valence-corrected chi connectivity index (χ3v) is 6.50. The maximum absolute atomic E-state index is 13.5. The highest BCUT2D eigenvalue weighted by Crippen LogP contribution is 2.29. The van der Waals surface area contributed by atoms with Gasteiger partial charge in [-0.05, 0) is 85.5 Å². The minimum absolute atomic E-state index is 0.282. The monoisotopic (exact) mass is 517 g/mol. The van der Waals surface area contributed by atoms with Crippen LogP contribution in [0.25, 0.3) is 23.3 Å². The number of benzene rings is 2. The molecule has 0 aliphatic rings. The fraction of sp³-hybridized carbons (Fsp3) is 0.300. The van der Waals surface area contributed by atoms with Gasteiger partial charge in [-0.2, -0.15) is 11.8 Å². The van der Waals surface area contributed by atoms with E-state index in [1.807, 2.05) is 98.9 Å². The van der Waals surface area contributed by atoms with Crippen LogP contribution in [-0.4, -0.2) is 67.1 Å². The molecule has 0 aliphatic carbocycles. The van der Waals surface area contributed by atoms with Gasteiger partial charge in [0, 0.05) is 24.5 Å². The summed E-state index contributed by atoms with van der Waals surface area (Å²) in [4.78, 5) is 32.4. The number of pyridine rings is 1. The van der Waals surface area contributed by atoms with Gasteiger partial charge in [0.2, 0.25) is 0 Å². The van der Waals surface area contributed by atoms with Gasteiger partial charge in [-0.3, -0.25) is 9.78 Å². The zero-order valence-electron chi connectivity index (χ0n) is 21.9. The lowest BCUT2D eigenvalue weighted by atomic mass is 9.93. The first-order valence-electron chi connectivity index (χ1n) is 12.3. The van der Waals surface area contributed by atoms with E-state index >= 15 is 0 Å². The van der Waals surface area contributed by atoms with E-state index in [0.717, 1.165) is 33.6 Å². The van der Waals surface area contributed by atoms with Crippen LogP contribution in [0.4, 0.5) is 0 Å². The van der Waals surface area contributed by atoms with Gasteiger partial charge in [0.25, 0.3) is 5.91 Å². The average molecular weight is 518 g/mol. The van der Waals surface area contributed by atoms with Crippen molar-refractivity contribution in [2.45, 2.75) is 19.4 Å². The van der Waals surface area contributed by atoms with Crippen LogP contribution >= 0.6 is 11.8 Å². The fourth-order valence-electron chi connectivity index (χ4n) is 3.78. The summed E-state index contributed by atoms with van der Waals surface area (Å²) < 4.78 is 5.46. The number of esters is 1. The van der Waals surface area contributed by atoms with Crippen molar-refractivity contribution >= 4 is 35.8 Å². The minimum atomic E-state index is -0.711. The Morgan fingerprint density at radius 3 is 2.54 bits per heavy atom. The molecule has 1 heterocycles. The number of nitrogens with zero attached hydrogens (tertiary/aromatic N) is 2. The third-order valence-electron chi connectivity index (χ3n) is 5.86. The van der Waals surface area contributed by atoms with Crippen molar-refractivity contribution in [3.8, 4) is 11.1 Å². The standard InChI is InChI=1S/C30H35N3O3S/c1-22-8-5-6-10-25(22)27-20-23(11-12-24-9-7-16-31-21-24)13-14-26(27)29(34)32-28(15-19-37-4)30(35)36-18-17-33(2)3/h5-14,16,20-21,28H,15,17-19H2,1-4H3,(H,32,34)/t28-/m0/s1. The predicted molar refractivity (Wildman–Crippen MR) is 154 cm³/mol. The second-order valence-corrected chi connectivity index (χ2v) is 10.0. The Labute approximate surface area is 224 Å². The molecule has 0 saturated heterocycles. The molecule has 1 atom stereocenters. The van der Waals surface area contributed by atoms with E-state index in [0.29, 0.717) is 18.5 Å². The number of hydrogen-bond donors (Lipinski definition) is 1. The molecule has 1 N–H and O–H groups in total. The lowest BCUT2D eigenvalue weighted by Crippen LogP contribution is -2.43. The Morgan fingerprint density at radius 1 is 1.05 bits per heavy atom. The maximum Gasteiger partial charge on any atom is 0.328 e. The molecular weight excluding hydrogens is 482 g/mol. The number of aromatic nitrogens is 1. The van der Waals surface area contributed by atoms with Crippen molar-refractivity contribution in [2.24, 2.45) is 0 Å². The van der Waals surface area contributed by atoms with E-state index in [2.05, 4.69) is 10.3 Å². The van der Waals surface area contributed by atoms with Crippen molar-refractivity contribution in [2.75, 3.05) is 39.3 Å². The van der Waals surface area contributed by atoms with Crippen LogP contribution in [-0.2, 0) is 9.53 Å². The number of carbonyl (C=O) groups excluding carboxylic acids is 2. The van der Waals surface area contributed by atoms with Gasteiger partial charge in [0.05, 0.1) is 0 Å². The molecular formula is C30H35N3O3S. The Bertz CT molecular complexity index is 1210. The zero-order valence-corrected chi connectivity index (χ0v) is 22.8. The summed E-state index contributed by atoms with van der Waals surface area (Å²) >= 11 is 1.63. The molecule has 0 bridgehead atoms. The summed E-state index contributed by atoms with van der Waals surface area (Å²) in [5.74, 6) is 0.0330. The summed E-state index contributed by atoms with van der Waals surface area (Å²) in [6.07, 6.45) is 10.0. The van der Waals surface area contributed by atoms with Gasteiger partial charge in [-0.15, -0.1) is 0 Å². The Kier molecular flexibility index (Phi) is 10.9. The van der Waals surface area contributed by atoms with Crippen LogP contribution in [0.3, 0.4) is 0 Å². The molecule has 0 radical (unpaired) electrons. The van der Waals surface area contributed by atoms with Crippen molar-refractivity contribution in [1.82, 2.24) is 15.2 Å². The maximum atomic E-state index is 13.5. The highest BCUT2D eigenvalue weighted by Gasteiger charge is 2.24. The summed E-state index contributed by atoms with van der Waals surface area (Å²) in [5, 5.41) is 2.95. The van der Waals surface area contributed by atoms with Crippen LogP contribution < -0.4 is 5.32 Å². The molecule has 0 unspecified atom stereocenters. The van der Waals surface area contributed by atoms with Crippen LogP contribution in [0.5, 0.6) is 0 Å². The van der Waals surface area contributed by atoms with E-state index in [4.69, 9.17) is 4.74 Å². The lowest BCUT2D eigenvalue weighted by molar-refractivity contribution is -0.146. The molecule has 0 aliphatic heterocycles. The number of thioether (sulfide) groups is 1. The van der Waals surface area contributed by atoms with E-state index in [1.165, 1.54) is 0 Å². The molecule has 1 aromatic heterocycles. The first-order chi connectivity index (χ1) is 17.9. The molecule has 3 rings (SSSR count). The van der Waals surface area contributed by atoms with Crippen LogP contribution in [0.1, 0.15) is 33.5 Å². The Morgan fingerprint density at radius 2 is 1.84 bits per heavy atom. The molecule has 0 saturated carbocycles. The number of rotatable bonds is 12. The molecule has 3 aromatic rings. The van der Waals surface area contributed by atoms with Crippen molar-refractivity contribution in [3.05, 3.63) is 89.2 Å². The predicted octanol–water partition coefficient (Wildman–Crippen LogP) is 5.18. The van der Waals surface area contributed by atoms with E-state index in [1.54, 1.807) is 24.2 Å². The van der Waals surface area contributed by atoms with E-state index in [-0.39, 0.29) is 12.5 Å². The van der Waals surface area contributed by atoms with Gasteiger partial charge in [0.1, 0.15) is 12.6 Å². The minimum Gasteiger partial charge on any atom is -0.463 e. The summed E-state index contributed by atoms with van der Waals surface area (Å²) in [5.41, 5.74) is 5.31. The summed E-state index contributed by atoms with van der Waals surface area (Å²) in [6.45, 7) is 2.93. The third kappa shape index (κ3) is 8.58. The number of nitrogens with one attached hydrogen (secondary N) is 1. The molecule has 1 amide bonds. The molecule has 0 spiro atoms. The summed E-state index contributed by atoms with van der Waals surface area (Å²) in [7, 11) is 3.84. The van der Waals surface area contributed by atoms with Crippen molar-refractivity contribution in [1.29, 1.82) is 0 Å². The largest absolute Gasteiger partial charge is 0.463 e. The van der Waals surface area contributed by atoms with Gasteiger partial charge >= 0.3 is 5.97 Å². The van der Waals surface area contributed by atoms with Gasteiger partial charge in [0.15, 0.2) is 0 Å². The van der Waals surface area contributed by atoms with Crippen LogP contribution in [0.15, 0.2) is 67.0 Å². The highest BCUT2D eigenvalue weighted by molar-refractivity contribution is 7.98. The molecule has 194 valence electrons. The number of carbonyl (C=O) groups is 2. The SMILES string of the molecule is CSCC[C@H](NC(=O)c1ccc(C=Cc2cccnc2)cc1-c1ccccc1C)C(=O)OCCN(C)C. The topological polar surface area (TPSA) is 71.5 Å². The van der Waals surface area contributed by atoms with Crippen molar-refractivity contribution in [3.63, 3.8) is 0 Å². The second-order valence-electron chi connectivity index (χ2n) is 9.02. The van der Waals surface area contributed by atoms with Gasteiger partial charge in [-0.1, -0.05) is 48.6 Å². The van der Waals surface area contributed by atoms with Gasteiger partial charge in [-0.25, -0.2) is 4.79 Å². The summed E-state index contributed by atoms with van der Waals surface area (Å²) in [6, 6.07) is 16.9. The van der Waals surface area contributed by atoms with Crippen molar-refractivity contribution < 1.29 is 14.3 Å². The number of aryl methyl sites for hydroxylation is 1. The number of ether oxygens (including phenoxy) is 1. The van der Waals surface area contributed by atoms with Crippen LogP contribution in [0, 0.1) is 6.92 Å². The number of hydrogen-bond acceptors (Lipinski definition) is 6. The number of amides is 1. The number of likely N-dealkylation sites (N-methyl/N-ethyl adjacent to an activating group) is 1. The molecule has 2 aromatic carbocycles. The smallest absolute Gasteiger partial charge is 0.328 e. The normalized spacial score (nSPS) is 12.0. The molecule has 6 nitrogen and oxygen atoms in total. The highest BCUT2D eigenvalue weighted by atomic mass is 32.2. The second kappa shape index (κ2) is 14.4. The van der Waals surface area contributed by atoms with E-state index < -0.39 is 12.0 Å². The van der Waals surface area contributed by atoms with Crippen LogP contribution in [0.2, 0.25) is 0 Å². The zero-order chi connectivity index (χ0) is 26.6. The van der Waals surface area contributed by atoms with E-state index in [9.17, 15) is 9.59 Å². The fourth-order valence-corrected chi connectivity index (χ4v) is 4.25. The molecule has 0 fully saturated rings. The average Bonchev–Trinajstić information content (AvgIpc) is 2.90. The van der Waals surface area contributed by atoms with Gasteiger partial charge < -0.3 is 15.0 Å². The molecule has 7 heteroatoms.